The minimum Gasteiger partial charge on any atom is -0.370 e. The highest BCUT2D eigenvalue weighted by atomic mass is 15.0. The molecule has 1 N–H and O–H groups in total. The zero-order chi connectivity index (χ0) is 14.1. The van der Waals surface area contributed by atoms with Crippen LogP contribution in [-0.2, 0) is 12.8 Å². The van der Waals surface area contributed by atoms with Crippen LogP contribution in [0.4, 0.5) is 5.82 Å². The Balaban J connectivity index is 1.62. The zero-order valence-corrected chi connectivity index (χ0v) is 12.2. The lowest BCUT2D eigenvalue weighted by Crippen LogP contribution is -2.09. The van der Waals surface area contributed by atoms with Gasteiger partial charge in [0.1, 0.15) is 11.5 Å². The number of aryl methyl sites for hydroxylation is 1. The number of hydrogen-bond donors (Lipinski definition) is 1. The molecule has 4 nitrogen and oxygen atoms in total. The molecule has 0 aromatic carbocycles. The van der Waals surface area contributed by atoms with Crippen molar-refractivity contribution in [1.82, 2.24) is 15.0 Å². The van der Waals surface area contributed by atoms with Crippen molar-refractivity contribution in [1.29, 1.82) is 0 Å². The van der Waals surface area contributed by atoms with E-state index < -0.39 is 0 Å². The van der Waals surface area contributed by atoms with Gasteiger partial charge in [-0.25, -0.2) is 9.97 Å². The third-order valence-corrected chi connectivity index (χ3v) is 4.37. The predicted molar refractivity (Wildman–Crippen MR) is 83.1 cm³/mol. The van der Waals surface area contributed by atoms with E-state index in [9.17, 15) is 0 Å². The first-order valence-corrected chi connectivity index (χ1v) is 7.95. The van der Waals surface area contributed by atoms with Gasteiger partial charge in [0.15, 0.2) is 5.82 Å². The molecule has 0 amide bonds. The number of rotatable bonds is 5. The highest BCUT2D eigenvalue weighted by molar-refractivity contribution is 5.57. The van der Waals surface area contributed by atoms with Gasteiger partial charge in [0.2, 0.25) is 0 Å². The van der Waals surface area contributed by atoms with E-state index in [1.807, 2.05) is 18.2 Å². The minimum absolute atomic E-state index is 0.755. The lowest BCUT2D eigenvalue weighted by Gasteiger charge is -2.11. The van der Waals surface area contributed by atoms with Gasteiger partial charge >= 0.3 is 0 Å². The molecule has 0 aliphatic heterocycles. The van der Waals surface area contributed by atoms with Crippen molar-refractivity contribution in [2.75, 3.05) is 11.9 Å². The van der Waals surface area contributed by atoms with Crippen LogP contribution in [0.3, 0.4) is 0 Å². The molecule has 21 heavy (non-hydrogen) atoms. The Morgan fingerprint density at radius 1 is 1.14 bits per heavy atom. The van der Waals surface area contributed by atoms with Gasteiger partial charge in [-0.15, -0.1) is 0 Å². The van der Waals surface area contributed by atoms with Crippen molar-refractivity contribution in [2.24, 2.45) is 5.92 Å². The van der Waals surface area contributed by atoms with Crippen LogP contribution in [0.15, 0.2) is 24.4 Å². The maximum atomic E-state index is 4.75. The van der Waals surface area contributed by atoms with Crippen LogP contribution in [0.5, 0.6) is 0 Å². The Morgan fingerprint density at radius 3 is 2.90 bits per heavy atom. The predicted octanol–water partition coefficient (Wildman–Crippen LogP) is 3.24. The van der Waals surface area contributed by atoms with Gasteiger partial charge in [0, 0.05) is 24.0 Å². The number of hydrogen-bond acceptors (Lipinski definition) is 4. The molecule has 0 bridgehead atoms. The maximum absolute atomic E-state index is 4.75. The van der Waals surface area contributed by atoms with E-state index >= 15 is 0 Å². The summed E-state index contributed by atoms with van der Waals surface area (Å²) in [5.74, 6) is 2.74. The van der Waals surface area contributed by atoms with Crippen LogP contribution in [0.25, 0.3) is 11.5 Å². The summed E-state index contributed by atoms with van der Waals surface area (Å²) in [7, 11) is 0. The van der Waals surface area contributed by atoms with Crippen LogP contribution >= 0.6 is 0 Å². The Labute approximate surface area is 125 Å². The summed E-state index contributed by atoms with van der Waals surface area (Å²) in [5, 5.41) is 3.55. The zero-order valence-electron chi connectivity index (χ0n) is 12.2. The van der Waals surface area contributed by atoms with E-state index in [4.69, 9.17) is 9.97 Å². The second kappa shape index (κ2) is 5.43. The molecule has 1 saturated carbocycles. The van der Waals surface area contributed by atoms with Crippen molar-refractivity contribution >= 4 is 5.82 Å². The fraction of sp³-hybridized carbons (Fsp3) is 0.471. The standard InChI is InChI=1S/C17H20N4/c1-2-10-18-15(5-1)17-20-14-6-3-4-13(14)16(21-17)19-11-9-12-7-8-12/h1-2,5,10,12H,3-4,6-9,11H2,(H,19,20,21). The number of aromatic nitrogens is 3. The van der Waals surface area contributed by atoms with Crippen molar-refractivity contribution in [2.45, 2.75) is 38.5 Å². The molecule has 0 unspecified atom stereocenters. The summed E-state index contributed by atoms with van der Waals surface area (Å²) in [5.41, 5.74) is 3.39. The lowest BCUT2D eigenvalue weighted by atomic mass is 10.2. The molecule has 0 saturated heterocycles. The van der Waals surface area contributed by atoms with E-state index in [1.54, 1.807) is 6.20 Å². The fourth-order valence-electron chi connectivity index (χ4n) is 2.99. The van der Waals surface area contributed by atoms with Crippen molar-refractivity contribution in [3.8, 4) is 11.5 Å². The van der Waals surface area contributed by atoms with Gasteiger partial charge in [-0.2, -0.15) is 0 Å². The normalized spacial score (nSPS) is 16.8. The largest absolute Gasteiger partial charge is 0.370 e. The van der Waals surface area contributed by atoms with Crippen molar-refractivity contribution < 1.29 is 0 Å². The number of pyridine rings is 1. The number of nitrogens with one attached hydrogen (secondary N) is 1. The molecule has 2 aliphatic carbocycles. The van der Waals surface area contributed by atoms with E-state index in [1.165, 1.54) is 36.9 Å². The Kier molecular flexibility index (Phi) is 3.30. The Morgan fingerprint density at radius 2 is 2.10 bits per heavy atom. The average Bonchev–Trinajstić information content (AvgIpc) is 3.22. The summed E-state index contributed by atoms with van der Waals surface area (Å²) < 4.78 is 0. The smallest absolute Gasteiger partial charge is 0.180 e. The molecule has 0 spiro atoms. The summed E-state index contributed by atoms with van der Waals surface area (Å²) in [4.78, 5) is 13.9. The molecule has 0 atom stereocenters. The van der Waals surface area contributed by atoms with Crippen LogP contribution in [0, 0.1) is 5.92 Å². The number of fused-ring (bicyclic) bond motifs is 1. The first kappa shape index (κ1) is 12.7. The summed E-state index contributed by atoms with van der Waals surface area (Å²) >= 11 is 0. The van der Waals surface area contributed by atoms with E-state index in [0.717, 1.165) is 42.6 Å². The first-order chi connectivity index (χ1) is 10.4. The van der Waals surface area contributed by atoms with E-state index in [-0.39, 0.29) is 0 Å². The molecule has 2 aliphatic rings. The quantitative estimate of drug-likeness (QED) is 0.913. The minimum atomic E-state index is 0.755. The highest BCUT2D eigenvalue weighted by Gasteiger charge is 2.22. The SMILES string of the molecule is c1ccc(-c2nc3c(c(NCCC4CC4)n2)CCC3)nc1. The highest BCUT2D eigenvalue weighted by Crippen LogP contribution is 2.33. The number of nitrogens with zero attached hydrogens (tertiary/aromatic N) is 3. The third-order valence-electron chi connectivity index (χ3n) is 4.37. The van der Waals surface area contributed by atoms with Crippen LogP contribution < -0.4 is 5.32 Å². The van der Waals surface area contributed by atoms with Gasteiger partial charge in [0.05, 0.1) is 0 Å². The average molecular weight is 280 g/mol. The van der Waals surface area contributed by atoms with Crippen molar-refractivity contribution in [3.05, 3.63) is 35.7 Å². The van der Waals surface area contributed by atoms with Gasteiger partial charge in [-0.3, -0.25) is 4.98 Å². The van der Waals surface area contributed by atoms with Crippen molar-refractivity contribution in [3.63, 3.8) is 0 Å². The summed E-state index contributed by atoms with van der Waals surface area (Å²) in [6.45, 7) is 1.02. The maximum Gasteiger partial charge on any atom is 0.180 e. The van der Waals surface area contributed by atoms with E-state index in [0.29, 0.717) is 0 Å². The van der Waals surface area contributed by atoms with Crippen LogP contribution in [0.2, 0.25) is 0 Å². The molecule has 2 aromatic rings. The molecular formula is C17H20N4. The molecule has 2 aromatic heterocycles. The summed E-state index contributed by atoms with van der Waals surface area (Å²) in [6, 6.07) is 5.88. The van der Waals surface area contributed by atoms with Gasteiger partial charge in [-0.1, -0.05) is 18.9 Å². The molecule has 4 heteroatoms. The molecule has 0 radical (unpaired) electrons. The monoisotopic (exact) mass is 280 g/mol. The third kappa shape index (κ3) is 2.75. The number of anilines is 1. The summed E-state index contributed by atoms with van der Waals surface area (Å²) in [6.07, 6.45) is 9.22. The molecule has 4 rings (SSSR count). The van der Waals surface area contributed by atoms with Gasteiger partial charge in [-0.05, 0) is 43.7 Å². The van der Waals surface area contributed by atoms with Gasteiger partial charge < -0.3 is 5.32 Å². The molecule has 1 fully saturated rings. The second-order valence-electron chi connectivity index (χ2n) is 6.05. The Bertz CT molecular complexity index is 635. The van der Waals surface area contributed by atoms with Gasteiger partial charge in [0.25, 0.3) is 0 Å². The van der Waals surface area contributed by atoms with Crippen LogP contribution in [0.1, 0.15) is 36.9 Å². The molecular weight excluding hydrogens is 260 g/mol. The molecule has 108 valence electrons. The second-order valence-corrected chi connectivity index (χ2v) is 6.05. The Hall–Kier alpha value is -1.97. The van der Waals surface area contributed by atoms with E-state index in [2.05, 4.69) is 10.3 Å². The lowest BCUT2D eigenvalue weighted by molar-refractivity contribution is 0.757. The van der Waals surface area contributed by atoms with Crippen LogP contribution in [-0.4, -0.2) is 21.5 Å². The topological polar surface area (TPSA) is 50.7 Å². The first-order valence-electron chi connectivity index (χ1n) is 7.95. The fourth-order valence-corrected chi connectivity index (χ4v) is 2.99. The molecule has 2 heterocycles.